The standard InChI is InChI=1S/C11H14N4O4S/c1-6(16)20-5-7-2-9(17)15(4-7)11-12-8(13-14-11)3-10(18)19/h7H,2-5H2,1H3,(H,18,19)(H,12,13,14). The largest absolute Gasteiger partial charge is 0.481 e. The van der Waals surface area contributed by atoms with Crippen molar-refractivity contribution in [3.8, 4) is 0 Å². The number of aliphatic carboxylic acids is 1. The number of rotatable bonds is 5. The summed E-state index contributed by atoms with van der Waals surface area (Å²) in [6, 6.07) is 0. The third-order valence-corrected chi connectivity index (χ3v) is 3.85. The van der Waals surface area contributed by atoms with Crippen molar-refractivity contribution in [2.45, 2.75) is 19.8 Å². The second kappa shape index (κ2) is 6.04. The van der Waals surface area contributed by atoms with E-state index in [1.54, 1.807) is 0 Å². The van der Waals surface area contributed by atoms with E-state index in [9.17, 15) is 14.4 Å². The molecule has 2 heterocycles. The van der Waals surface area contributed by atoms with Gasteiger partial charge in [0.2, 0.25) is 5.91 Å². The maximum absolute atomic E-state index is 11.9. The minimum absolute atomic E-state index is 0.0255. The monoisotopic (exact) mass is 298 g/mol. The van der Waals surface area contributed by atoms with Gasteiger partial charge in [-0.2, -0.15) is 4.98 Å². The number of anilines is 1. The van der Waals surface area contributed by atoms with Gasteiger partial charge in [0.05, 0.1) is 0 Å². The molecule has 0 aliphatic carbocycles. The van der Waals surface area contributed by atoms with E-state index in [0.717, 1.165) is 0 Å². The average molecular weight is 298 g/mol. The molecule has 2 N–H and O–H groups in total. The normalized spacial score (nSPS) is 18.6. The van der Waals surface area contributed by atoms with Crippen LogP contribution in [0.15, 0.2) is 0 Å². The van der Waals surface area contributed by atoms with Crippen LogP contribution < -0.4 is 4.90 Å². The van der Waals surface area contributed by atoms with Gasteiger partial charge < -0.3 is 5.11 Å². The summed E-state index contributed by atoms with van der Waals surface area (Å²) in [5, 5.41) is 15.0. The van der Waals surface area contributed by atoms with Gasteiger partial charge >= 0.3 is 5.97 Å². The minimum Gasteiger partial charge on any atom is -0.481 e. The molecule has 1 aliphatic heterocycles. The molecular formula is C11H14N4O4S. The van der Waals surface area contributed by atoms with Gasteiger partial charge in [-0.1, -0.05) is 11.8 Å². The number of aromatic amines is 1. The van der Waals surface area contributed by atoms with E-state index in [0.29, 0.717) is 18.7 Å². The first-order valence-corrected chi connectivity index (χ1v) is 7.01. The number of nitrogens with one attached hydrogen (secondary N) is 1. The SMILES string of the molecule is CC(=O)SCC1CC(=O)N(c2n[nH]c(CC(=O)O)n2)C1. The van der Waals surface area contributed by atoms with Crippen molar-refractivity contribution in [1.82, 2.24) is 15.2 Å². The van der Waals surface area contributed by atoms with Crippen molar-refractivity contribution in [3.63, 3.8) is 0 Å². The van der Waals surface area contributed by atoms with Gasteiger partial charge in [0.25, 0.3) is 5.95 Å². The number of carboxylic acids is 1. The first-order valence-electron chi connectivity index (χ1n) is 6.02. The Labute approximate surface area is 118 Å². The molecule has 1 atom stereocenters. The molecule has 8 nitrogen and oxygen atoms in total. The molecule has 1 aromatic heterocycles. The summed E-state index contributed by atoms with van der Waals surface area (Å²) in [5.74, 6) is -0.0540. The molecule has 1 amide bonds. The summed E-state index contributed by atoms with van der Waals surface area (Å²) in [7, 11) is 0. The Balaban J connectivity index is 1.98. The molecule has 20 heavy (non-hydrogen) atoms. The Kier molecular flexibility index (Phi) is 4.38. The average Bonchev–Trinajstić information content (AvgIpc) is 2.92. The zero-order valence-corrected chi connectivity index (χ0v) is 11.6. The Morgan fingerprint density at radius 2 is 2.30 bits per heavy atom. The number of hydrogen-bond donors (Lipinski definition) is 2. The van der Waals surface area contributed by atoms with Crippen molar-refractivity contribution in [2.24, 2.45) is 5.92 Å². The van der Waals surface area contributed by atoms with E-state index >= 15 is 0 Å². The van der Waals surface area contributed by atoms with Crippen molar-refractivity contribution >= 4 is 34.7 Å². The van der Waals surface area contributed by atoms with E-state index in [-0.39, 0.29) is 35.1 Å². The quantitative estimate of drug-likeness (QED) is 0.789. The third-order valence-electron chi connectivity index (χ3n) is 2.81. The molecule has 1 aliphatic rings. The molecule has 108 valence electrons. The summed E-state index contributed by atoms with van der Waals surface area (Å²) in [4.78, 5) is 38.8. The Morgan fingerprint density at radius 3 is 2.95 bits per heavy atom. The van der Waals surface area contributed by atoms with Crippen LogP contribution in [0.2, 0.25) is 0 Å². The maximum Gasteiger partial charge on any atom is 0.311 e. The molecule has 0 saturated carbocycles. The molecule has 1 fully saturated rings. The van der Waals surface area contributed by atoms with E-state index < -0.39 is 5.97 Å². The topological polar surface area (TPSA) is 116 Å². The Morgan fingerprint density at radius 1 is 1.55 bits per heavy atom. The molecule has 1 unspecified atom stereocenters. The molecule has 2 rings (SSSR count). The molecule has 1 saturated heterocycles. The summed E-state index contributed by atoms with van der Waals surface area (Å²) in [5.41, 5.74) is 0. The van der Waals surface area contributed by atoms with Gasteiger partial charge in [0.15, 0.2) is 5.12 Å². The first-order chi connectivity index (χ1) is 9.45. The van der Waals surface area contributed by atoms with Crippen LogP contribution in [-0.2, 0) is 20.8 Å². The van der Waals surface area contributed by atoms with E-state index in [1.807, 2.05) is 0 Å². The highest BCUT2D eigenvalue weighted by Gasteiger charge is 2.33. The van der Waals surface area contributed by atoms with Crippen LogP contribution in [0, 0.1) is 5.92 Å². The lowest BCUT2D eigenvalue weighted by atomic mass is 10.1. The van der Waals surface area contributed by atoms with Crippen molar-refractivity contribution < 1.29 is 19.5 Å². The van der Waals surface area contributed by atoms with Crippen molar-refractivity contribution in [1.29, 1.82) is 0 Å². The van der Waals surface area contributed by atoms with Crippen LogP contribution >= 0.6 is 11.8 Å². The highest BCUT2D eigenvalue weighted by molar-refractivity contribution is 8.13. The molecule has 0 spiro atoms. The number of hydrogen-bond acceptors (Lipinski definition) is 6. The molecule has 0 bridgehead atoms. The lowest BCUT2D eigenvalue weighted by Gasteiger charge is -2.11. The number of amides is 1. The van der Waals surface area contributed by atoms with Gasteiger partial charge in [0, 0.05) is 25.6 Å². The zero-order chi connectivity index (χ0) is 14.7. The lowest BCUT2D eigenvalue weighted by Crippen LogP contribution is -2.26. The molecule has 9 heteroatoms. The molecule has 1 aromatic rings. The summed E-state index contributed by atoms with van der Waals surface area (Å²) < 4.78 is 0. The van der Waals surface area contributed by atoms with Crippen LogP contribution in [0.4, 0.5) is 5.95 Å². The molecule has 0 radical (unpaired) electrons. The molecular weight excluding hydrogens is 284 g/mol. The number of carbonyl (C=O) groups excluding carboxylic acids is 2. The van der Waals surface area contributed by atoms with Gasteiger partial charge in [-0.3, -0.25) is 24.4 Å². The van der Waals surface area contributed by atoms with Gasteiger partial charge in [-0.05, 0) is 5.92 Å². The highest BCUT2D eigenvalue weighted by atomic mass is 32.2. The Hall–Kier alpha value is -1.90. The highest BCUT2D eigenvalue weighted by Crippen LogP contribution is 2.25. The number of aromatic nitrogens is 3. The number of carboxylic acid groups (broad SMARTS) is 1. The minimum atomic E-state index is -1.02. The van der Waals surface area contributed by atoms with Crippen molar-refractivity contribution in [2.75, 3.05) is 17.2 Å². The smallest absolute Gasteiger partial charge is 0.311 e. The second-order valence-electron chi connectivity index (χ2n) is 4.53. The number of nitrogens with zero attached hydrogens (tertiary/aromatic N) is 3. The van der Waals surface area contributed by atoms with Crippen LogP contribution in [-0.4, -0.2) is 49.6 Å². The Bertz CT molecular complexity index is 544. The second-order valence-corrected chi connectivity index (χ2v) is 5.73. The number of H-pyrrole nitrogens is 1. The van der Waals surface area contributed by atoms with Gasteiger partial charge in [-0.15, -0.1) is 5.10 Å². The number of carbonyl (C=O) groups is 3. The zero-order valence-electron chi connectivity index (χ0n) is 10.8. The van der Waals surface area contributed by atoms with Gasteiger partial charge in [-0.25, -0.2) is 0 Å². The third kappa shape index (κ3) is 3.56. The van der Waals surface area contributed by atoms with Crippen LogP contribution in [0.3, 0.4) is 0 Å². The fourth-order valence-corrected chi connectivity index (χ4v) is 2.64. The predicted molar refractivity (Wildman–Crippen MR) is 71.3 cm³/mol. The summed E-state index contributed by atoms with van der Waals surface area (Å²) in [6.07, 6.45) is 0.0851. The van der Waals surface area contributed by atoms with Crippen LogP contribution in [0.5, 0.6) is 0 Å². The summed E-state index contributed by atoms with van der Waals surface area (Å²) in [6.45, 7) is 1.94. The number of thioether (sulfide) groups is 1. The predicted octanol–water partition coefficient (Wildman–Crippen LogP) is 0.0644. The summed E-state index contributed by atoms with van der Waals surface area (Å²) >= 11 is 1.20. The van der Waals surface area contributed by atoms with Crippen LogP contribution in [0.25, 0.3) is 0 Å². The van der Waals surface area contributed by atoms with Crippen molar-refractivity contribution in [3.05, 3.63) is 5.82 Å². The van der Waals surface area contributed by atoms with Crippen LogP contribution in [0.1, 0.15) is 19.2 Å². The fraction of sp³-hybridized carbons (Fsp3) is 0.545. The fourth-order valence-electron chi connectivity index (χ4n) is 1.95. The first kappa shape index (κ1) is 14.5. The van der Waals surface area contributed by atoms with Gasteiger partial charge in [0.1, 0.15) is 12.2 Å². The lowest BCUT2D eigenvalue weighted by molar-refractivity contribution is -0.136. The maximum atomic E-state index is 11.9. The van der Waals surface area contributed by atoms with E-state index in [2.05, 4.69) is 15.2 Å². The molecule has 0 aromatic carbocycles. The van der Waals surface area contributed by atoms with E-state index in [1.165, 1.54) is 23.6 Å². The van der Waals surface area contributed by atoms with E-state index in [4.69, 9.17) is 5.11 Å².